The fourth-order valence-electron chi connectivity index (χ4n) is 2.99. The maximum absolute atomic E-state index is 4.68. The van der Waals surface area contributed by atoms with Crippen molar-refractivity contribution in [3.63, 3.8) is 0 Å². The molecule has 0 radical (unpaired) electrons. The van der Waals surface area contributed by atoms with Crippen molar-refractivity contribution in [3.05, 3.63) is 66.4 Å². The largest absolute Gasteiger partial charge is 0.265 e. The summed E-state index contributed by atoms with van der Waals surface area (Å²) in [5.41, 5.74) is 5.85. The van der Waals surface area contributed by atoms with Crippen LogP contribution in [-0.4, -0.2) is 34.3 Å². The molecule has 0 atom stereocenters. The molecule has 126 valence electrons. The molecule has 5 rings (SSSR count). The average molecular weight is 341 g/mol. The van der Waals surface area contributed by atoms with Gasteiger partial charge in [0.1, 0.15) is 6.33 Å². The third-order valence-corrected chi connectivity index (χ3v) is 4.58. The van der Waals surface area contributed by atoms with E-state index >= 15 is 0 Å². The molecule has 0 aliphatic carbocycles. The summed E-state index contributed by atoms with van der Waals surface area (Å²) in [7, 11) is 0. The minimum absolute atomic E-state index is 0.639. The van der Waals surface area contributed by atoms with Gasteiger partial charge in [-0.1, -0.05) is 6.07 Å². The van der Waals surface area contributed by atoms with Crippen LogP contribution in [0, 0.1) is 13.8 Å². The number of nitrogens with zero attached hydrogens (tertiary/aromatic N) is 7. The molecule has 7 nitrogen and oxygen atoms in total. The summed E-state index contributed by atoms with van der Waals surface area (Å²) >= 11 is 0. The molecule has 0 amide bonds. The summed E-state index contributed by atoms with van der Waals surface area (Å²) < 4.78 is 3.52. The fraction of sp³-hybridized carbons (Fsp3) is 0.105. The van der Waals surface area contributed by atoms with Crippen LogP contribution >= 0.6 is 0 Å². The number of hydrogen-bond donors (Lipinski definition) is 0. The van der Waals surface area contributed by atoms with Crippen LogP contribution in [0.2, 0.25) is 0 Å². The molecule has 0 N–H and O–H groups in total. The molecule has 0 aliphatic heterocycles. The zero-order valence-electron chi connectivity index (χ0n) is 14.3. The van der Waals surface area contributed by atoms with Gasteiger partial charge >= 0.3 is 0 Å². The molecule has 0 bridgehead atoms. The smallest absolute Gasteiger partial charge is 0.182 e. The summed E-state index contributed by atoms with van der Waals surface area (Å²) in [4.78, 5) is 13.3. The van der Waals surface area contributed by atoms with Crippen molar-refractivity contribution >= 4 is 16.7 Å². The minimum atomic E-state index is 0.639. The van der Waals surface area contributed by atoms with Gasteiger partial charge in [-0.3, -0.25) is 4.98 Å². The first-order chi connectivity index (χ1) is 12.7. The predicted octanol–water partition coefficient (Wildman–Crippen LogP) is 3.14. The van der Waals surface area contributed by atoms with E-state index in [4.69, 9.17) is 0 Å². The second kappa shape index (κ2) is 5.45. The van der Waals surface area contributed by atoms with Gasteiger partial charge in [-0.15, -0.1) is 5.10 Å². The van der Waals surface area contributed by atoms with Gasteiger partial charge < -0.3 is 0 Å². The van der Waals surface area contributed by atoms with E-state index in [1.54, 1.807) is 29.4 Å². The number of aromatic nitrogens is 7. The summed E-state index contributed by atoms with van der Waals surface area (Å²) in [6.45, 7) is 4.19. The van der Waals surface area contributed by atoms with E-state index < -0.39 is 0 Å². The number of benzene rings is 1. The molecule has 0 fully saturated rings. The average Bonchev–Trinajstić information content (AvgIpc) is 3.28. The Balaban J connectivity index is 1.71. The Morgan fingerprint density at radius 1 is 0.923 bits per heavy atom. The van der Waals surface area contributed by atoms with Gasteiger partial charge in [0.2, 0.25) is 0 Å². The molecular formula is C19H15N7. The third-order valence-electron chi connectivity index (χ3n) is 4.58. The molecule has 0 spiro atoms. The van der Waals surface area contributed by atoms with E-state index in [2.05, 4.69) is 51.1 Å². The third kappa shape index (κ3) is 2.17. The number of fused-ring (bicyclic) bond motifs is 3. The molecule has 5 aromatic rings. The zero-order valence-corrected chi connectivity index (χ0v) is 14.3. The van der Waals surface area contributed by atoms with E-state index in [0.717, 1.165) is 27.9 Å². The topological polar surface area (TPSA) is 73.8 Å². The number of rotatable bonds is 2. The van der Waals surface area contributed by atoms with Crippen molar-refractivity contribution in [3.8, 4) is 17.1 Å². The number of hydrogen-bond acceptors (Lipinski definition) is 5. The summed E-state index contributed by atoms with van der Waals surface area (Å²) in [5.74, 6) is 0.639. The van der Waals surface area contributed by atoms with Crippen LogP contribution in [-0.2, 0) is 0 Å². The molecule has 4 aromatic heterocycles. The molecule has 7 heteroatoms. The molecule has 26 heavy (non-hydrogen) atoms. The van der Waals surface area contributed by atoms with Gasteiger partial charge in [0.15, 0.2) is 17.1 Å². The Hall–Kier alpha value is -3.61. The van der Waals surface area contributed by atoms with Gasteiger partial charge in [0, 0.05) is 18.0 Å². The molecular weight excluding hydrogens is 326 g/mol. The van der Waals surface area contributed by atoms with Crippen LogP contribution in [0.15, 0.2) is 55.2 Å². The lowest BCUT2D eigenvalue weighted by Crippen LogP contribution is -1.99. The molecule has 0 unspecified atom stereocenters. The summed E-state index contributed by atoms with van der Waals surface area (Å²) in [6, 6.07) is 10.0. The van der Waals surface area contributed by atoms with Crippen molar-refractivity contribution in [2.75, 3.05) is 0 Å². The minimum Gasteiger partial charge on any atom is -0.265 e. The molecule has 1 aromatic carbocycles. The van der Waals surface area contributed by atoms with Crippen LogP contribution in [0.4, 0.5) is 0 Å². The Morgan fingerprint density at radius 3 is 2.58 bits per heavy atom. The van der Waals surface area contributed by atoms with Crippen molar-refractivity contribution in [1.82, 2.24) is 34.3 Å². The van der Waals surface area contributed by atoms with Crippen LogP contribution < -0.4 is 0 Å². The Kier molecular flexibility index (Phi) is 3.08. The lowest BCUT2D eigenvalue weighted by atomic mass is 10.1. The van der Waals surface area contributed by atoms with Gasteiger partial charge in [-0.25, -0.2) is 19.2 Å². The Morgan fingerprint density at radius 2 is 1.77 bits per heavy atom. The quantitative estimate of drug-likeness (QED) is 0.493. The number of pyridine rings is 1. The van der Waals surface area contributed by atoms with Crippen LogP contribution in [0.5, 0.6) is 0 Å². The van der Waals surface area contributed by atoms with E-state index in [1.807, 2.05) is 22.9 Å². The van der Waals surface area contributed by atoms with Crippen molar-refractivity contribution in [1.29, 1.82) is 0 Å². The molecule has 0 saturated carbocycles. The van der Waals surface area contributed by atoms with E-state index in [1.165, 1.54) is 11.1 Å². The zero-order chi connectivity index (χ0) is 17.7. The first-order valence-corrected chi connectivity index (χ1v) is 8.28. The highest BCUT2D eigenvalue weighted by Gasteiger charge is 2.14. The van der Waals surface area contributed by atoms with Gasteiger partial charge in [-0.05, 0) is 49.2 Å². The predicted molar refractivity (Wildman–Crippen MR) is 98.1 cm³/mol. The maximum atomic E-state index is 4.68. The van der Waals surface area contributed by atoms with E-state index in [9.17, 15) is 0 Å². The lowest BCUT2D eigenvalue weighted by molar-refractivity contribution is 0.881. The van der Waals surface area contributed by atoms with Gasteiger partial charge in [0.25, 0.3) is 0 Å². The van der Waals surface area contributed by atoms with Crippen LogP contribution in [0.1, 0.15) is 11.1 Å². The SMILES string of the molecule is Cc1ccc(-n2ncc3c2ncn2nc(-c4ccncc4)nc32)cc1C. The molecule has 0 saturated heterocycles. The maximum Gasteiger partial charge on any atom is 0.182 e. The Bertz CT molecular complexity index is 1250. The van der Waals surface area contributed by atoms with Crippen LogP contribution in [0.25, 0.3) is 33.8 Å². The molecule has 0 aliphatic rings. The van der Waals surface area contributed by atoms with Crippen molar-refractivity contribution in [2.45, 2.75) is 13.8 Å². The highest BCUT2D eigenvalue weighted by atomic mass is 15.3. The highest BCUT2D eigenvalue weighted by Crippen LogP contribution is 2.23. The van der Waals surface area contributed by atoms with E-state index in [0.29, 0.717) is 5.82 Å². The fourth-order valence-corrected chi connectivity index (χ4v) is 2.99. The second-order valence-corrected chi connectivity index (χ2v) is 6.25. The monoisotopic (exact) mass is 341 g/mol. The lowest BCUT2D eigenvalue weighted by Gasteiger charge is -2.06. The van der Waals surface area contributed by atoms with Crippen LogP contribution in [0.3, 0.4) is 0 Å². The highest BCUT2D eigenvalue weighted by molar-refractivity contribution is 5.90. The second-order valence-electron chi connectivity index (χ2n) is 6.25. The first kappa shape index (κ1) is 14.7. The standard InChI is InChI=1S/C19H15N7/c1-12-3-4-15(9-13(12)2)26-18-16(10-22-26)19-23-17(24-25(19)11-21-18)14-5-7-20-8-6-14/h3-11H,1-2H3. The van der Waals surface area contributed by atoms with Crippen molar-refractivity contribution in [2.24, 2.45) is 0 Å². The summed E-state index contributed by atoms with van der Waals surface area (Å²) in [6.07, 6.45) is 6.92. The van der Waals surface area contributed by atoms with Gasteiger partial charge in [-0.2, -0.15) is 5.10 Å². The molecule has 4 heterocycles. The van der Waals surface area contributed by atoms with E-state index in [-0.39, 0.29) is 0 Å². The number of aryl methyl sites for hydroxylation is 2. The first-order valence-electron chi connectivity index (χ1n) is 8.28. The normalized spacial score (nSPS) is 11.5. The Labute approximate surface area is 149 Å². The summed E-state index contributed by atoms with van der Waals surface area (Å²) in [5, 5.41) is 9.91. The van der Waals surface area contributed by atoms with Gasteiger partial charge in [0.05, 0.1) is 17.3 Å². The van der Waals surface area contributed by atoms with Crippen molar-refractivity contribution < 1.29 is 0 Å².